The van der Waals surface area contributed by atoms with Crippen LogP contribution in [0.4, 0.5) is 5.69 Å². The third-order valence-corrected chi connectivity index (χ3v) is 4.22. The highest BCUT2D eigenvalue weighted by Gasteiger charge is 1.95. The van der Waals surface area contributed by atoms with Crippen molar-refractivity contribution in [2.75, 3.05) is 0 Å². The lowest BCUT2D eigenvalue weighted by Crippen LogP contribution is -1.87. The minimum absolute atomic E-state index is 1.02. The van der Waals surface area contributed by atoms with Crippen LogP contribution in [0.5, 0.6) is 0 Å². The van der Waals surface area contributed by atoms with Gasteiger partial charge in [-0.1, -0.05) is 62.2 Å². The van der Waals surface area contributed by atoms with Crippen molar-refractivity contribution >= 4 is 11.9 Å². The number of nitrogens with zero attached hydrogens (tertiary/aromatic N) is 1. The van der Waals surface area contributed by atoms with Crippen LogP contribution in [0.3, 0.4) is 0 Å². The maximum atomic E-state index is 4.58. The van der Waals surface area contributed by atoms with E-state index < -0.39 is 0 Å². The summed E-state index contributed by atoms with van der Waals surface area (Å²) in [6, 6.07) is 17.3. The molecule has 0 aliphatic rings. The molecule has 0 aliphatic heterocycles. The van der Waals surface area contributed by atoms with Crippen molar-refractivity contribution in [2.45, 2.75) is 51.9 Å². The van der Waals surface area contributed by atoms with Gasteiger partial charge in [-0.3, -0.25) is 4.99 Å². The molecule has 0 saturated heterocycles. The van der Waals surface area contributed by atoms with Crippen LogP contribution in [-0.4, -0.2) is 6.21 Å². The SMILES string of the molecule is C=CCCCc1ccc(C=Nc2ccc(CCCCC)cc2)cc1. The fraction of sp³-hybridized carbons (Fsp3) is 0.348. The van der Waals surface area contributed by atoms with Crippen LogP contribution in [0.1, 0.15) is 55.7 Å². The fourth-order valence-electron chi connectivity index (χ4n) is 2.70. The zero-order valence-corrected chi connectivity index (χ0v) is 14.9. The quantitative estimate of drug-likeness (QED) is 0.263. The molecular weight excluding hydrogens is 290 g/mol. The number of benzene rings is 2. The molecule has 0 saturated carbocycles. The third-order valence-electron chi connectivity index (χ3n) is 4.22. The van der Waals surface area contributed by atoms with E-state index in [0.29, 0.717) is 0 Å². The Morgan fingerprint density at radius 1 is 0.833 bits per heavy atom. The number of hydrogen-bond donors (Lipinski definition) is 0. The molecule has 0 bridgehead atoms. The number of allylic oxidation sites excluding steroid dienone is 1. The van der Waals surface area contributed by atoms with Gasteiger partial charge in [0.15, 0.2) is 0 Å². The molecule has 0 radical (unpaired) electrons. The largest absolute Gasteiger partial charge is 0.256 e. The molecule has 126 valence electrons. The molecule has 1 heteroatoms. The van der Waals surface area contributed by atoms with Crippen molar-refractivity contribution in [3.05, 3.63) is 77.9 Å². The Morgan fingerprint density at radius 3 is 2.08 bits per heavy atom. The van der Waals surface area contributed by atoms with Gasteiger partial charge in [0.1, 0.15) is 0 Å². The van der Waals surface area contributed by atoms with E-state index in [4.69, 9.17) is 0 Å². The maximum Gasteiger partial charge on any atom is 0.0630 e. The van der Waals surface area contributed by atoms with Gasteiger partial charge in [-0.05, 0) is 60.9 Å². The summed E-state index contributed by atoms with van der Waals surface area (Å²) in [6.45, 7) is 6.01. The molecule has 0 aromatic heterocycles. The molecule has 0 N–H and O–H groups in total. The van der Waals surface area contributed by atoms with Crippen LogP contribution >= 0.6 is 0 Å². The van der Waals surface area contributed by atoms with Gasteiger partial charge in [0, 0.05) is 6.21 Å². The molecule has 2 aromatic rings. The van der Waals surface area contributed by atoms with E-state index in [-0.39, 0.29) is 0 Å². The van der Waals surface area contributed by atoms with Gasteiger partial charge in [0.2, 0.25) is 0 Å². The Morgan fingerprint density at radius 2 is 1.46 bits per heavy atom. The van der Waals surface area contributed by atoms with Crippen molar-refractivity contribution in [3.63, 3.8) is 0 Å². The minimum Gasteiger partial charge on any atom is -0.256 e. The standard InChI is InChI=1S/C23H29N/c1-3-5-7-9-20-11-13-22(14-12-20)19-24-23-17-15-21(16-18-23)10-8-6-4-2/h3,11-19H,1,4-10H2,2H3. The van der Waals surface area contributed by atoms with Crippen molar-refractivity contribution in [2.24, 2.45) is 4.99 Å². The van der Waals surface area contributed by atoms with Gasteiger partial charge >= 0.3 is 0 Å². The minimum atomic E-state index is 1.02. The molecule has 0 heterocycles. The number of aryl methyl sites for hydroxylation is 2. The molecule has 0 fully saturated rings. The Kier molecular flexibility index (Phi) is 8.03. The second-order valence-electron chi connectivity index (χ2n) is 6.30. The Balaban J connectivity index is 1.87. The van der Waals surface area contributed by atoms with E-state index in [2.05, 4.69) is 67.0 Å². The molecule has 2 aromatic carbocycles. The van der Waals surface area contributed by atoms with Gasteiger partial charge in [-0.2, -0.15) is 0 Å². The highest BCUT2D eigenvalue weighted by atomic mass is 14.7. The molecule has 0 aliphatic carbocycles. The van der Waals surface area contributed by atoms with Gasteiger partial charge in [0.25, 0.3) is 0 Å². The van der Waals surface area contributed by atoms with E-state index in [1.54, 1.807) is 0 Å². The first kappa shape index (κ1) is 18.2. The number of rotatable bonds is 10. The normalized spacial score (nSPS) is 11.0. The zero-order valence-electron chi connectivity index (χ0n) is 14.9. The van der Waals surface area contributed by atoms with Crippen molar-refractivity contribution in [1.82, 2.24) is 0 Å². The smallest absolute Gasteiger partial charge is 0.0630 e. The summed E-state index contributed by atoms with van der Waals surface area (Å²) in [5.74, 6) is 0. The monoisotopic (exact) mass is 319 g/mol. The van der Waals surface area contributed by atoms with Gasteiger partial charge < -0.3 is 0 Å². The first-order valence-corrected chi connectivity index (χ1v) is 9.14. The second kappa shape index (κ2) is 10.6. The van der Waals surface area contributed by atoms with E-state index in [9.17, 15) is 0 Å². The van der Waals surface area contributed by atoms with Crippen molar-refractivity contribution in [3.8, 4) is 0 Å². The summed E-state index contributed by atoms with van der Waals surface area (Å²) in [5.41, 5.74) is 4.95. The highest BCUT2D eigenvalue weighted by molar-refractivity contribution is 5.81. The van der Waals surface area contributed by atoms with Crippen LogP contribution in [0, 0.1) is 0 Å². The Bertz CT molecular complexity index is 620. The number of aliphatic imine (C=N–C) groups is 1. The van der Waals surface area contributed by atoms with Crippen molar-refractivity contribution in [1.29, 1.82) is 0 Å². The summed E-state index contributed by atoms with van der Waals surface area (Å²) >= 11 is 0. The summed E-state index contributed by atoms with van der Waals surface area (Å²) in [7, 11) is 0. The maximum absolute atomic E-state index is 4.58. The van der Waals surface area contributed by atoms with Crippen LogP contribution in [0.25, 0.3) is 0 Å². The van der Waals surface area contributed by atoms with E-state index in [0.717, 1.165) is 24.1 Å². The van der Waals surface area contributed by atoms with Crippen LogP contribution in [-0.2, 0) is 12.8 Å². The van der Waals surface area contributed by atoms with Gasteiger partial charge in [-0.15, -0.1) is 6.58 Å². The second-order valence-corrected chi connectivity index (χ2v) is 6.30. The van der Waals surface area contributed by atoms with Crippen molar-refractivity contribution < 1.29 is 0 Å². The highest BCUT2D eigenvalue weighted by Crippen LogP contribution is 2.15. The Hall–Kier alpha value is -2.15. The third kappa shape index (κ3) is 6.54. The topological polar surface area (TPSA) is 12.4 Å². The van der Waals surface area contributed by atoms with Gasteiger partial charge in [0.05, 0.1) is 5.69 Å². The lowest BCUT2D eigenvalue weighted by Gasteiger charge is -2.02. The molecule has 0 atom stereocenters. The predicted molar refractivity (Wildman–Crippen MR) is 107 cm³/mol. The number of hydrogen-bond acceptors (Lipinski definition) is 1. The molecule has 0 amide bonds. The van der Waals surface area contributed by atoms with E-state index >= 15 is 0 Å². The molecule has 24 heavy (non-hydrogen) atoms. The molecule has 2 rings (SSSR count). The van der Waals surface area contributed by atoms with Crippen LogP contribution in [0.2, 0.25) is 0 Å². The Labute approximate surface area is 147 Å². The van der Waals surface area contributed by atoms with Crippen LogP contribution in [0.15, 0.2) is 66.2 Å². The number of unbranched alkanes of at least 4 members (excludes halogenated alkanes) is 3. The molecular formula is C23H29N. The first-order valence-electron chi connectivity index (χ1n) is 9.14. The van der Waals surface area contributed by atoms with Gasteiger partial charge in [-0.25, -0.2) is 0 Å². The summed E-state index contributed by atoms with van der Waals surface area (Å²) in [6.07, 6.45) is 12.3. The van der Waals surface area contributed by atoms with E-state index in [1.807, 2.05) is 12.3 Å². The average molecular weight is 319 g/mol. The lowest BCUT2D eigenvalue weighted by molar-refractivity contribution is 0.717. The average Bonchev–Trinajstić information content (AvgIpc) is 2.63. The molecule has 0 unspecified atom stereocenters. The zero-order chi connectivity index (χ0) is 17.0. The summed E-state index contributed by atoms with van der Waals surface area (Å²) < 4.78 is 0. The van der Waals surface area contributed by atoms with Crippen LogP contribution < -0.4 is 0 Å². The first-order chi connectivity index (χ1) is 11.8. The van der Waals surface area contributed by atoms with E-state index in [1.165, 1.54) is 43.2 Å². The summed E-state index contributed by atoms with van der Waals surface area (Å²) in [4.78, 5) is 4.58. The fourth-order valence-corrected chi connectivity index (χ4v) is 2.70. The molecule has 0 spiro atoms. The summed E-state index contributed by atoms with van der Waals surface area (Å²) in [5, 5.41) is 0. The predicted octanol–water partition coefficient (Wildman–Crippen LogP) is 6.68. The molecule has 1 nitrogen and oxygen atoms in total. The lowest BCUT2D eigenvalue weighted by atomic mass is 10.1.